The van der Waals surface area contributed by atoms with Crippen molar-refractivity contribution in [3.05, 3.63) is 48.4 Å². The molecule has 3 N–H and O–H groups in total. The topological polar surface area (TPSA) is 96.4 Å². The fourth-order valence-electron chi connectivity index (χ4n) is 2.05. The number of halogens is 3. The fourth-order valence-corrected chi connectivity index (χ4v) is 2.05. The molecule has 1 aromatic carbocycles. The number of aromatic nitrogens is 2. The number of anilines is 1. The van der Waals surface area contributed by atoms with Gasteiger partial charge in [0.2, 0.25) is 0 Å². The minimum absolute atomic E-state index is 0.104. The molecule has 1 aromatic heterocycles. The maximum absolute atomic E-state index is 12.3. The van der Waals surface area contributed by atoms with Crippen LogP contribution in [-0.2, 0) is 0 Å². The van der Waals surface area contributed by atoms with E-state index in [1.807, 2.05) is 0 Å². The van der Waals surface area contributed by atoms with Crippen LogP contribution in [0, 0.1) is 0 Å². The van der Waals surface area contributed by atoms with Gasteiger partial charge >= 0.3 is 12.4 Å². The van der Waals surface area contributed by atoms with Crippen LogP contribution in [0.2, 0.25) is 0 Å². The minimum Gasteiger partial charge on any atom is -0.406 e. The first-order valence-electron chi connectivity index (χ1n) is 7.17. The molecule has 0 fully saturated rings. The van der Waals surface area contributed by atoms with Crippen LogP contribution in [0.25, 0.3) is 0 Å². The Balaban J connectivity index is 2.09. The van der Waals surface area contributed by atoms with Gasteiger partial charge in [0.05, 0.1) is 6.04 Å². The van der Waals surface area contributed by atoms with Gasteiger partial charge in [-0.3, -0.25) is 5.32 Å². The highest BCUT2D eigenvalue weighted by Crippen LogP contribution is 2.26. The zero-order valence-electron chi connectivity index (χ0n) is 12.8. The van der Waals surface area contributed by atoms with E-state index in [9.17, 15) is 18.0 Å². The number of urea groups is 1. The molecular formula is C15H15F3N4O3. The Kier molecular flexibility index (Phi) is 6.12. The van der Waals surface area contributed by atoms with Crippen LogP contribution in [0.4, 0.5) is 23.8 Å². The number of nitrogens with one attached hydrogen (secondary N) is 2. The van der Waals surface area contributed by atoms with Gasteiger partial charge in [-0.05, 0) is 30.2 Å². The maximum Gasteiger partial charge on any atom is 0.573 e. The Hall–Kier alpha value is -2.88. The monoisotopic (exact) mass is 356 g/mol. The van der Waals surface area contributed by atoms with Gasteiger partial charge in [0.25, 0.3) is 0 Å². The number of ether oxygens (including phenoxy) is 1. The zero-order chi connectivity index (χ0) is 18.3. The van der Waals surface area contributed by atoms with Crippen LogP contribution in [0.15, 0.2) is 42.9 Å². The Morgan fingerprint density at radius 3 is 2.76 bits per heavy atom. The van der Waals surface area contributed by atoms with Gasteiger partial charge in [0.1, 0.15) is 17.9 Å². The molecule has 25 heavy (non-hydrogen) atoms. The molecule has 0 spiro atoms. The molecule has 0 bridgehead atoms. The molecule has 0 saturated carbocycles. The summed E-state index contributed by atoms with van der Waals surface area (Å²) in [6.45, 7) is -0.275. The van der Waals surface area contributed by atoms with Gasteiger partial charge in [0.15, 0.2) is 0 Å². The van der Waals surface area contributed by atoms with Crippen LogP contribution in [0.5, 0.6) is 5.75 Å². The lowest BCUT2D eigenvalue weighted by Gasteiger charge is -2.19. The number of nitrogens with zero attached hydrogens (tertiary/aromatic N) is 2. The Labute approximate surface area is 140 Å². The summed E-state index contributed by atoms with van der Waals surface area (Å²) >= 11 is 0. The molecule has 2 aromatic rings. The summed E-state index contributed by atoms with van der Waals surface area (Å²) in [5.74, 6) is -0.157. The van der Waals surface area contributed by atoms with E-state index < -0.39 is 24.2 Å². The number of benzene rings is 1. The van der Waals surface area contributed by atoms with Gasteiger partial charge in [-0.1, -0.05) is 12.1 Å². The predicted molar refractivity (Wildman–Crippen MR) is 81.8 cm³/mol. The van der Waals surface area contributed by atoms with Crippen molar-refractivity contribution < 1.29 is 27.8 Å². The highest BCUT2D eigenvalue weighted by atomic mass is 19.4. The number of aliphatic hydroxyl groups excluding tert-OH is 1. The smallest absolute Gasteiger partial charge is 0.406 e. The summed E-state index contributed by atoms with van der Waals surface area (Å²) < 4.78 is 40.8. The van der Waals surface area contributed by atoms with Crippen LogP contribution in [0.3, 0.4) is 0 Å². The minimum atomic E-state index is -4.82. The SMILES string of the molecule is O=C(Nc1ccncn1)NC(CCO)c1cccc(OC(F)(F)F)c1. The number of hydrogen-bond acceptors (Lipinski definition) is 5. The van der Waals surface area contributed by atoms with Crippen molar-refractivity contribution in [2.45, 2.75) is 18.8 Å². The highest BCUT2D eigenvalue weighted by Gasteiger charge is 2.31. The first kappa shape index (κ1) is 18.5. The van der Waals surface area contributed by atoms with Gasteiger partial charge < -0.3 is 15.2 Å². The average Bonchev–Trinajstić information content (AvgIpc) is 2.54. The summed E-state index contributed by atoms with van der Waals surface area (Å²) in [5, 5.41) is 14.2. The van der Waals surface area contributed by atoms with E-state index in [4.69, 9.17) is 5.11 Å². The quantitative estimate of drug-likeness (QED) is 0.739. The molecule has 1 heterocycles. The molecule has 7 nitrogen and oxygen atoms in total. The van der Waals surface area contributed by atoms with E-state index in [1.165, 1.54) is 30.7 Å². The second-order valence-electron chi connectivity index (χ2n) is 4.88. The van der Waals surface area contributed by atoms with Crippen molar-refractivity contribution >= 4 is 11.8 Å². The first-order chi connectivity index (χ1) is 11.9. The van der Waals surface area contributed by atoms with E-state index in [0.29, 0.717) is 5.56 Å². The van der Waals surface area contributed by atoms with Crippen LogP contribution >= 0.6 is 0 Å². The average molecular weight is 356 g/mol. The van der Waals surface area contributed by atoms with Crippen molar-refractivity contribution in [1.29, 1.82) is 0 Å². The summed E-state index contributed by atoms with van der Waals surface area (Å²) in [4.78, 5) is 19.5. The molecule has 10 heteroatoms. The molecule has 2 rings (SSSR count). The number of alkyl halides is 3. The standard InChI is InChI=1S/C15H15F3N4O3/c16-15(17,18)25-11-3-1-2-10(8-11)12(5-7-23)21-14(24)22-13-4-6-19-9-20-13/h1-4,6,8-9,12,23H,5,7H2,(H2,19,20,21,22,24). The van der Waals surface area contributed by atoms with Crippen LogP contribution < -0.4 is 15.4 Å². The van der Waals surface area contributed by atoms with Gasteiger partial charge in [-0.15, -0.1) is 13.2 Å². The van der Waals surface area contributed by atoms with Gasteiger partial charge in [-0.25, -0.2) is 14.8 Å². The van der Waals surface area contributed by atoms with Crippen molar-refractivity contribution in [2.75, 3.05) is 11.9 Å². The van der Waals surface area contributed by atoms with Crippen molar-refractivity contribution in [3.63, 3.8) is 0 Å². The summed E-state index contributed by atoms with van der Waals surface area (Å²) in [5.41, 5.74) is 0.355. The molecular weight excluding hydrogens is 341 g/mol. The Bertz CT molecular complexity index is 698. The van der Waals surface area contributed by atoms with Gasteiger partial charge in [-0.2, -0.15) is 0 Å². The maximum atomic E-state index is 12.3. The number of carbonyl (C=O) groups excluding carboxylic acids is 1. The summed E-state index contributed by atoms with van der Waals surface area (Å²) in [6.07, 6.45) is -2.03. The third-order valence-electron chi connectivity index (χ3n) is 3.04. The number of amides is 2. The molecule has 2 amide bonds. The van der Waals surface area contributed by atoms with E-state index >= 15 is 0 Å². The van der Waals surface area contributed by atoms with Crippen molar-refractivity contribution in [2.24, 2.45) is 0 Å². The number of rotatable bonds is 6. The van der Waals surface area contributed by atoms with E-state index in [0.717, 1.165) is 12.1 Å². The first-order valence-corrected chi connectivity index (χ1v) is 7.17. The normalized spacial score (nSPS) is 12.3. The lowest BCUT2D eigenvalue weighted by Crippen LogP contribution is -2.33. The Morgan fingerprint density at radius 1 is 1.32 bits per heavy atom. The Morgan fingerprint density at radius 2 is 2.12 bits per heavy atom. The molecule has 0 aliphatic carbocycles. The van der Waals surface area contributed by atoms with E-state index in [1.54, 1.807) is 0 Å². The van der Waals surface area contributed by atoms with Gasteiger partial charge in [0, 0.05) is 12.8 Å². The molecule has 0 aliphatic heterocycles. The summed E-state index contributed by atoms with van der Waals surface area (Å²) in [6, 6.07) is 5.31. The molecule has 0 radical (unpaired) electrons. The van der Waals surface area contributed by atoms with Crippen LogP contribution in [-0.4, -0.2) is 34.1 Å². The number of hydrogen-bond donors (Lipinski definition) is 3. The molecule has 1 unspecified atom stereocenters. The van der Waals surface area contributed by atoms with E-state index in [2.05, 4.69) is 25.3 Å². The predicted octanol–water partition coefficient (Wildman–Crippen LogP) is 2.62. The fraction of sp³-hybridized carbons (Fsp3) is 0.267. The van der Waals surface area contributed by atoms with Crippen molar-refractivity contribution in [1.82, 2.24) is 15.3 Å². The van der Waals surface area contributed by atoms with E-state index in [-0.39, 0.29) is 18.8 Å². The molecule has 134 valence electrons. The second-order valence-corrected chi connectivity index (χ2v) is 4.88. The lowest BCUT2D eigenvalue weighted by atomic mass is 10.0. The van der Waals surface area contributed by atoms with Crippen molar-refractivity contribution in [3.8, 4) is 5.75 Å². The molecule has 0 aliphatic rings. The second kappa shape index (κ2) is 8.29. The third kappa shape index (κ3) is 6.26. The highest BCUT2D eigenvalue weighted by molar-refractivity contribution is 5.88. The number of carbonyl (C=O) groups is 1. The third-order valence-corrected chi connectivity index (χ3v) is 3.04. The molecule has 1 atom stereocenters. The largest absolute Gasteiger partial charge is 0.573 e. The molecule has 0 saturated heterocycles. The zero-order valence-corrected chi connectivity index (χ0v) is 12.8. The lowest BCUT2D eigenvalue weighted by molar-refractivity contribution is -0.274. The number of aliphatic hydroxyl groups is 1. The van der Waals surface area contributed by atoms with Crippen LogP contribution in [0.1, 0.15) is 18.0 Å². The summed E-state index contributed by atoms with van der Waals surface area (Å²) in [7, 11) is 0.